The van der Waals surface area contributed by atoms with E-state index in [4.69, 9.17) is 0 Å². The zero-order chi connectivity index (χ0) is 17.8. The van der Waals surface area contributed by atoms with E-state index in [1.54, 1.807) is 0 Å². The SMILES string of the molecule is CCCCCNc1c([N+](=O)[O-])cc(S(C)(=O)=O)c(C)c1[N+](=O)[O-]. The van der Waals surface area contributed by atoms with Gasteiger partial charge in [0.15, 0.2) is 15.5 Å². The fourth-order valence-electron chi connectivity index (χ4n) is 2.25. The highest BCUT2D eigenvalue weighted by Gasteiger charge is 2.32. The molecule has 128 valence electrons. The molecule has 0 fully saturated rings. The van der Waals surface area contributed by atoms with Crippen LogP contribution in [-0.4, -0.2) is 31.1 Å². The summed E-state index contributed by atoms with van der Waals surface area (Å²) in [5.41, 5.74) is -1.54. The average Bonchev–Trinajstić information content (AvgIpc) is 2.41. The molecular weight excluding hydrogens is 326 g/mol. The number of rotatable bonds is 8. The van der Waals surface area contributed by atoms with E-state index in [-0.39, 0.29) is 11.3 Å². The van der Waals surface area contributed by atoms with Crippen molar-refractivity contribution in [2.45, 2.75) is 38.0 Å². The number of hydrogen-bond acceptors (Lipinski definition) is 7. The first-order valence-electron chi connectivity index (χ1n) is 7.01. The Morgan fingerprint density at radius 2 is 1.78 bits per heavy atom. The Labute approximate surface area is 133 Å². The van der Waals surface area contributed by atoms with Crippen LogP contribution in [0.25, 0.3) is 0 Å². The van der Waals surface area contributed by atoms with Crippen LogP contribution in [0.15, 0.2) is 11.0 Å². The van der Waals surface area contributed by atoms with Crippen molar-refractivity contribution in [2.75, 3.05) is 18.1 Å². The van der Waals surface area contributed by atoms with Gasteiger partial charge in [0, 0.05) is 24.4 Å². The van der Waals surface area contributed by atoms with E-state index < -0.39 is 36.0 Å². The minimum absolute atomic E-state index is 0.110. The van der Waals surface area contributed by atoms with Crippen LogP contribution in [0.1, 0.15) is 31.7 Å². The number of nitrogens with one attached hydrogen (secondary N) is 1. The van der Waals surface area contributed by atoms with Crippen LogP contribution < -0.4 is 5.32 Å². The van der Waals surface area contributed by atoms with E-state index >= 15 is 0 Å². The van der Waals surface area contributed by atoms with Crippen molar-refractivity contribution in [3.05, 3.63) is 31.9 Å². The molecule has 0 saturated heterocycles. The van der Waals surface area contributed by atoms with Crippen LogP contribution in [0.5, 0.6) is 0 Å². The minimum Gasteiger partial charge on any atom is -0.374 e. The first-order chi connectivity index (χ1) is 10.6. The molecule has 1 aromatic carbocycles. The van der Waals surface area contributed by atoms with Gasteiger partial charge in [-0.15, -0.1) is 0 Å². The van der Waals surface area contributed by atoms with Gasteiger partial charge in [-0.2, -0.15) is 0 Å². The van der Waals surface area contributed by atoms with Crippen molar-refractivity contribution < 1.29 is 18.3 Å². The molecule has 1 N–H and O–H groups in total. The first kappa shape index (κ1) is 18.8. The molecule has 9 nitrogen and oxygen atoms in total. The fraction of sp³-hybridized carbons (Fsp3) is 0.538. The molecule has 0 atom stereocenters. The highest BCUT2D eigenvalue weighted by atomic mass is 32.2. The average molecular weight is 345 g/mol. The maximum Gasteiger partial charge on any atom is 0.303 e. The number of hydrogen-bond donors (Lipinski definition) is 1. The predicted octanol–water partition coefficient (Wildman–Crippen LogP) is 2.82. The molecule has 10 heteroatoms. The summed E-state index contributed by atoms with van der Waals surface area (Å²) in [5, 5.41) is 25.3. The molecule has 0 aliphatic carbocycles. The van der Waals surface area contributed by atoms with Crippen LogP contribution in [0.4, 0.5) is 17.1 Å². The van der Waals surface area contributed by atoms with Gasteiger partial charge in [0.05, 0.1) is 14.7 Å². The molecule has 1 rings (SSSR count). The molecule has 1 aromatic rings. The number of unbranched alkanes of at least 4 members (excludes halogenated alkanes) is 2. The quantitative estimate of drug-likeness (QED) is 0.435. The lowest BCUT2D eigenvalue weighted by atomic mass is 10.1. The number of anilines is 1. The lowest BCUT2D eigenvalue weighted by molar-refractivity contribution is -0.393. The number of nitrogens with zero attached hydrogens (tertiary/aromatic N) is 2. The topological polar surface area (TPSA) is 132 Å². The third-order valence-electron chi connectivity index (χ3n) is 3.35. The molecule has 0 bridgehead atoms. The van der Waals surface area contributed by atoms with Crippen LogP contribution in [0.2, 0.25) is 0 Å². The van der Waals surface area contributed by atoms with E-state index in [1.807, 2.05) is 6.92 Å². The van der Waals surface area contributed by atoms with Gasteiger partial charge >= 0.3 is 11.4 Å². The van der Waals surface area contributed by atoms with Crippen molar-refractivity contribution in [1.82, 2.24) is 0 Å². The zero-order valence-electron chi connectivity index (χ0n) is 13.2. The van der Waals surface area contributed by atoms with Crippen molar-refractivity contribution >= 4 is 26.9 Å². The van der Waals surface area contributed by atoms with Gasteiger partial charge in [-0.3, -0.25) is 20.2 Å². The van der Waals surface area contributed by atoms with Crippen molar-refractivity contribution in [3.63, 3.8) is 0 Å². The van der Waals surface area contributed by atoms with Gasteiger partial charge in [0.1, 0.15) is 0 Å². The van der Waals surface area contributed by atoms with E-state index in [0.29, 0.717) is 13.0 Å². The second-order valence-corrected chi connectivity index (χ2v) is 7.15. The maximum atomic E-state index is 11.7. The molecule has 0 heterocycles. The molecular formula is C13H19N3O6S. The summed E-state index contributed by atoms with van der Waals surface area (Å²) >= 11 is 0. The highest BCUT2D eigenvalue weighted by molar-refractivity contribution is 7.90. The molecule has 0 radical (unpaired) electrons. The summed E-state index contributed by atoms with van der Waals surface area (Å²) in [4.78, 5) is 20.5. The van der Waals surface area contributed by atoms with Crippen LogP contribution in [0.3, 0.4) is 0 Å². The van der Waals surface area contributed by atoms with Crippen LogP contribution in [0, 0.1) is 27.2 Å². The highest BCUT2D eigenvalue weighted by Crippen LogP contribution is 2.40. The maximum absolute atomic E-state index is 11.7. The molecule has 0 unspecified atom stereocenters. The van der Waals surface area contributed by atoms with E-state index in [1.165, 1.54) is 6.92 Å². The summed E-state index contributed by atoms with van der Waals surface area (Å²) in [6.45, 7) is 3.58. The second-order valence-electron chi connectivity index (χ2n) is 5.16. The largest absolute Gasteiger partial charge is 0.374 e. The standard InChI is InChI=1S/C13H19N3O6S/c1-4-5-6-7-14-12-10(15(17)18)8-11(23(3,21)22)9(2)13(12)16(19)20/h8,14H,4-7H2,1-3H3. The summed E-state index contributed by atoms with van der Waals surface area (Å²) in [6.07, 6.45) is 3.35. The fourth-order valence-corrected chi connectivity index (χ4v) is 3.23. The molecule has 0 saturated carbocycles. The van der Waals surface area contributed by atoms with Crippen LogP contribution >= 0.6 is 0 Å². The van der Waals surface area contributed by atoms with Gasteiger partial charge in [-0.25, -0.2) is 8.42 Å². The lowest BCUT2D eigenvalue weighted by Gasteiger charge is -2.12. The summed E-state index contributed by atoms with van der Waals surface area (Å²) < 4.78 is 23.5. The Hall–Kier alpha value is -2.23. The van der Waals surface area contributed by atoms with Crippen molar-refractivity contribution in [2.24, 2.45) is 0 Å². The molecule has 0 aromatic heterocycles. The second kappa shape index (κ2) is 7.36. The Morgan fingerprint density at radius 3 is 2.22 bits per heavy atom. The van der Waals surface area contributed by atoms with E-state index in [2.05, 4.69) is 5.32 Å². The van der Waals surface area contributed by atoms with E-state index in [0.717, 1.165) is 25.2 Å². The third-order valence-corrected chi connectivity index (χ3v) is 4.57. The molecule has 0 aliphatic heterocycles. The van der Waals surface area contributed by atoms with Gasteiger partial charge in [-0.05, 0) is 13.3 Å². The van der Waals surface area contributed by atoms with Gasteiger partial charge in [0.2, 0.25) is 0 Å². The first-order valence-corrected chi connectivity index (χ1v) is 8.90. The third kappa shape index (κ3) is 4.38. The summed E-state index contributed by atoms with van der Waals surface area (Å²) in [6, 6.07) is 0.875. The smallest absolute Gasteiger partial charge is 0.303 e. The monoisotopic (exact) mass is 345 g/mol. The molecule has 0 spiro atoms. The van der Waals surface area contributed by atoms with Crippen molar-refractivity contribution in [3.8, 4) is 0 Å². The van der Waals surface area contributed by atoms with Gasteiger partial charge in [-0.1, -0.05) is 19.8 Å². The van der Waals surface area contributed by atoms with E-state index in [9.17, 15) is 28.6 Å². The number of nitro groups is 2. The number of nitro benzene ring substituents is 2. The van der Waals surface area contributed by atoms with Crippen LogP contribution in [-0.2, 0) is 9.84 Å². The molecule has 23 heavy (non-hydrogen) atoms. The molecule has 0 aliphatic rings. The minimum atomic E-state index is -3.83. The van der Waals surface area contributed by atoms with Gasteiger partial charge < -0.3 is 5.32 Å². The Morgan fingerprint density at radius 1 is 1.17 bits per heavy atom. The van der Waals surface area contributed by atoms with Gasteiger partial charge in [0.25, 0.3) is 0 Å². The summed E-state index contributed by atoms with van der Waals surface area (Å²) in [7, 11) is -3.83. The Bertz CT molecular complexity index is 730. The van der Waals surface area contributed by atoms with Crippen molar-refractivity contribution in [1.29, 1.82) is 0 Å². The Balaban J connectivity index is 3.55. The number of sulfone groups is 1. The Kier molecular flexibility index (Phi) is 6.02. The predicted molar refractivity (Wildman–Crippen MR) is 85.6 cm³/mol. The number of benzene rings is 1. The zero-order valence-corrected chi connectivity index (χ0v) is 14.0. The normalized spacial score (nSPS) is 11.3. The molecule has 0 amide bonds. The lowest BCUT2D eigenvalue weighted by Crippen LogP contribution is -2.11. The summed E-state index contributed by atoms with van der Waals surface area (Å²) in [5.74, 6) is 0.